The first-order valence-corrected chi connectivity index (χ1v) is 9.47. The Hall–Kier alpha value is -1.46. The lowest BCUT2D eigenvalue weighted by atomic mass is 9.96. The number of likely N-dealkylation sites (tertiary alicyclic amines) is 1. The van der Waals surface area contributed by atoms with Gasteiger partial charge in [0.15, 0.2) is 0 Å². The Bertz CT molecular complexity index is 620. The Morgan fingerprint density at radius 2 is 2.00 bits per heavy atom. The molecule has 0 spiro atoms. The number of halogens is 2. The lowest BCUT2D eigenvalue weighted by Gasteiger charge is -2.34. The van der Waals surface area contributed by atoms with Crippen LogP contribution in [0.25, 0.3) is 0 Å². The predicted octanol–water partition coefficient (Wildman–Crippen LogP) is 3.78. The fourth-order valence-corrected chi connectivity index (χ4v) is 3.58. The maximum absolute atomic E-state index is 12.5. The van der Waals surface area contributed by atoms with Crippen LogP contribution in [-0.4, -0.2) is 47.9 Å². The molecule has 1 N–H and O–H groups in total. The molecule has 5 nitrogen and oxygen atoms in total. The van der Waals surface area contributed by atoms with Crippen LogP contribution in [0, 0.1) is 5.92 Å². The van der Waals surface area contributed by atoms with E-state index in [-0.39, 0.29) is 17.9 Å². The molecule has 2 rings (SSSR count). The molecule has 0 radical (unpaired) electrons. The summed E-state index contributed by atoms with van der Waals surface area (Å²) in [6.07, 6.45) is 1.68. The van der Waals surface area contributed by atoms with E-state index < -0.39 is 0 Å². The molecule has 1 aromatic rings. The van der Waals surface area contributed by atoms with E-state index in [1.165, 1.54) is 0 Å². The highest BCUT2D eigenvalue weighted by Gasteiger charge is 2.30. The van der Waals surface area contributed by atoms with Gasteiger partial charge in [0.2, 0.25) is 5.91 Å². The largest absolute Gasteiger partial charge is 0.343 e. The van der Waals surface area contributed by atoms with Crippen molar-refractivity contribution in [3.63, 3.8) is 0 Å². The number of piperidine rings is 1. The van der Waals surface area contributed by atoms with Crippen LogP contribution in [0.2, 0.25) is 10.0 Å². The van der Waals surface area contributed by atoms with Crippen molar-refractivity contribution in [1.82, 2.24) is 15.1 Å². The van der Waals surface area contributed by atoms with Crippen LogP contribution in [-0.2, 0) is 11.3 Å². The number of carbonyl (C=O) groups excluding carboxylic acids is 2. The number of amides is 3. The van der Waals surface area contributed by atoms with Gasteiger partial charge >= 0.3 is 6.03 Å². The average molecular weight is 386 g/mol. The third-order valence-electron chi connectivity index (χ3n) is 4.58. The maximum atomic E-state index is 12.5. The molecule has 0 saturated carbocycles. The molecule has 1 saturated heterocycles. The average Bonchev–Trinajstić information content (AvgIpc) is 2.61. The van der Waals surface area contributed by atoms with Crippen molar-refractivity contribution in [2.24, 2.45) is 5.92 Å². The molecule has 1 heterocycles. The van der Waals surface area contributed by atoms with Gasteiger partial charge in [-0.1, -0.05) is 29.3 Å². The second-order valence-corrected chi connectivity index (χ2v) is 7.03. The molecule has 1 aromatic carbocycles. The van der Waals surface area contributed by atoms with E-state index in [1.807, 2.05) is 18.7 Å². The Labute approximate surface area is 159 Å². The summed E-state index contributed by atoms with van der Waals surface area (Å²) in [5.74, 6) is 0.0294. The SMILES string of the molecule is CCN(CC)C(=O)C1CCCN(C(=O)NCc2ccc(Cl)cc2Cl)C1. The van der Waals surface area contributed by atoms with Gasteiger partial charge in [-0.05, 0) is 44.4 Å². The van der Waals surface area contributed by atoms with Crippen LogP contribution in [0.5, 0.6) is 0 Å². The lowest BCUT2D eigenvalue weighted by molar-refractivity contribution is -0.136. The van der Waals surface area contributed by atoms with Gasteiger partial charge in [-0.3, -0.25) is 4.79 Å². The Balaban J connectivity index is 1.91. The van der Waals surface area contributed by atoms with Crippen LogP contribution in [0.1, 0.15) is 32.3 Å². The van der Waals surface area contributed by atoms with Crippen LogP contribution >= 0.6 is 23.2 Å². The van der Waals surface area contributed by atoms with Gasteiger partial charge in [0, 0.05) is 42.8 Å². The highest BCUT2D eigenvalue weighted by Crippen LogP contribution is 2.22. The molecule has 0 aromatic heterocycles. The molecule has 1 aliphatic heterocycles. The number of rotatable bonds is 5. The second kappa shape index (κ2) is 9.30. The minimum atomic E-state index is -0.164. The van der Waals surface area contributed by atoms with Crippen LogP contribution in [0.15, 0.2) is 18.2 Å². The Morgan fingerprint density at radius 3 is 2.64 bits per heavy atom. The van der Waals surface area contributed by atoms with E-state index in [1.54, 1.807) is 23.1 Å². The number of nitrogens with one attached hydrogen (secondary N) is 1. The smallest absolute Gasteiger partial charge is 0.317 e. The topological polar surface area (TPSA) is 52.7 Å². The zero-order valence-electron chi connectivity index (χ0n) is 14.7. The van der Waals surface area contributed by atoms with Crippen molar-refractivity contribution in [2.75, 3.05) is 26.2 Å². The first-order valence-electron chi connectivity index (χ1n) is 8.71. The van der Waals surface area contributed by atoms with E-state index in [0.29, 0.717) is 42.8 Å². The maximum Gasteiger partial charge on any atom is 0.317 e. The van der Waals surface area contributed by atoms with Crippen molar-refractivity contribution in [2.45, 2.75) is 33.2 Å². The second-order valence-electron chi connectivity index (χ2n) is 6.19. The quantitative estimate of drug-likeness (QED) is 0.837. The molecule has 0 bridgehead atoms. The van der Waals surface area contributed by atoms with Crippen LogP contribution < -0.4 is 5.32 Å². The summed E-state index contributed by atoms with van der Waals surface area (Å²) >= 11 is 12.0. The lowest BCUT2D eigenvalue weighted by Crippen LogP contribution is -2.49. The molecule has 138 valence electrons. The van der Waals surface area contributed by atoms with Crippen molar-refractivity contribution in [3.05, 3.63) is 33.8 Å². The highest BCUT2D eigenvalue weighted by atomic mass is 35.5. The number of hydrogen-bond donors (Lipinski definition) is 1. The van der Waals surface area contributed by atoms with Crippen molar-refractivity contribution < 1.29 is 9.59 Å². The summed E-state index contributed by atoms with van der Waals surface area (Å²) in [5.41, 5.74) is 0.812. The van der Waals surface area contributed by atoms with Crippen molar-refractivity contribution in [1.29, 1.82) is 0 Å². The normalized spacial score (nSPS) is 17.3. The number of nitrogens with zero attached hydrogens (tertiary/aromatic N) is 2. The summed E-state index contributed by atoms with van der Waals surface area (Å²) in [7, 11) is 0. The molecule has 0 aliphatic carbocycles. The minimum absolute atomic E-state index is 0.112. The summed E-state index contributed by atoms with van der Waals surface area (Å²) in [6.45, 7) is 6.83. The molecule has 1 aliphatic rings. The van der Waals surface area contributed by atoms with Crippen LogP contribution in [0.4, 0.5) is 4.79 Å². The van der Waals surface area contributed by atoms with E-state index in [9.17, 15) is 9.59 Å². The van der Waals surface area contributed by atoms with Gasteiger partial charge in [0.1, 0.15) is 0 Å². The minimum Gasteiger partial charge on any atom is -0.343 e. The predicted molar refractivity (Wildman–Crippen MR) is 101 cm³/mol. The summed E-state index contributed by atoms with van der Waals surface area (Å²) in [6, 6.07) is 5.04. The zero-order chi connectivity index (χ0) is 18.4. The third-order valence-corrected chi connectivity index (χ3v) is 5.17. The van der Waals surface area contributed by atoms with Gasteiger partial charge in [-0.15, -0.1) is 0 Å². The van der Waals surface area contributed by atoms with Gasteiger partial charge in [-0.2, -0.15) is 0 Å². The number of benzene rings is 1. The van der Waals surface area contributed by atoms with E-state index >= 15 is 0 Å². The molecule has 25 heavy (non-hydrogen) atoms. The molecule has 1 fully saturated rings. The summed E-state index contributed by atoms with van der Waals surface area (Å²) in [4.78, 5) is 28.5. The molecule has 1 atom stereocenters. The van der Waals surface area contributed by atoms with Crippen molar-refractivity contribution in [3.8, 4) is 0 Å². The molecular weight excluding hydrogens is 361 g/mol. The number of urea groups is 1. The van der Waals surface area contributed by atoms with Crippen molar-refractivity contribution >= 4 is 35.1 Å². The number of carbonyl (C=O) groups is 2. The standard InChI is InChI=1S/C18H25Cl2N3O2/c1-3-22(4-2)17(24)14-6-5-9-23(12-14)18(25)21-11-13-7-8-15(19)10-16(13)20/h7-8,10,14H,3-6,9,11-12H2,1-2H3,(H,21,25). The molecule has 3 amide bonds. The van der Waals surface area contributed by atoms with Gasteiger partial charge < -0.3 is 15.1 Å². The molecule has 1 unspecified atom stereocenters. The Kier molecular flexibility index (Phi) is 7.38. The summed E-state index contributed by atoms with van der Waals surface area (Å²) in [5, 5.41) is 3.97. The first-order chi connectivity index (χ1) is 12.0. The van der Waals surface area contributed by atoms with E-state index in [0.717, 1.165) is 18.4 Å². The van der Waals surface area contributed by atoms with Crippen LogP contribution in [0.3, 0.4) is 0 Å². The van der Waals surface area contributed by atoms with Gasteiger partial charge in [0.05, 0.1) is 5.92 Å². The fraction of sp³-hybridized carbons (Fsp3) is 0.556. The van der Waals surface area contributed by atoms with E-state index in [2.05, 4.69) is 5.32 Å². The van der Waals surface area contributed by atoms with E-state index in [4.69, 9.17) is 23.2 Å². The van der Waals surface area contributed by atoms with Gasteiger partial charge in [0.25, 0.3) is 0 Å². The van der Waals surface area contributed by atoms with Gasteiger partial charge in [-0.25, -0.2) is 4.79 Å². The zero-order valence-corrected chi connectivity index (χ0v) is 16.2. The first kappa shape index (κ1) is 19.9. The fourth-order valence-electron chi connectivity index (χ4n) is 3.10. The molecule has 7 heteroatoms. The molecular formula is C18H25Cl2N3O2. The highest BCUT2D eigenvalue weighted by molar-refractivity contribution is 6.35. The third kappa shape index (κ3) is 5.25. The monoisotopic (exact) mass is 385 g/mol. The Morgan fingerprint density at radius 1 is 1.28 bits per heavy atom. The number of hydrogen-bond acceptors (Lipinski definition) is 2. The summed E-state index contributed by atoms with van der Waals surface area (Å²) < 4.78 is 0.